The summed E-state index contributed by atoms with van der Waals surface area (Å²) in [5.41, 5.74) is 8.46. The van der Waals surface area contributed by atoms with Crippen LogP contribution in [0.2, 0.25) is 0 Å². The van der Waals surface area contributed by atoms with E-state index in [4.69, 9.17) is 5.73 Å². The normalized spacial score (nSPS) is 11.8. The Morgan fingerprint density at radius 3 is 2.35 bits per heavy atom. The molecule has 2 aromatic rings. The van der Waals surface area contributed by atoms with E-state index in [0.717, 1.165) is 17.5 Å². The second kappa shape index (κ2) is 6.75. The molecule has 104 valence electrons. The maximum Gasteiger partial charge on any atom is 0.224 e. The number of hydrogen-bond acceptors (Lipinski definition) is 2. The minimum atomic E-state index is 0.0328. The highest BCUT2D eigenvalue weighted by Crippen LogP contribution is 2.16. The van der Waals surface area contributed by atoms with E-state index >= 15 is 0 Å². The van der Waals surface area contributed by atoms with Gasteiger partial charge in [0.1, 0.15) is 0 Å². The largest absolute Gasteiger partial charge is 0.399 e. The Hall–Kier alpha value is -2.29. The molecule has 0 aliphatic carbocycles. The van der Waals surface area contributed by atoms with E-state index in [9.17, 15) is 4.79 Å². The van der Waals surface area contributed by atoms with Crippen molar-refractivity contribution in [1.82, 2.24) is 5.32 Å². The predicted octanol–water partition coefficient (Wildman–Crippen LogP) is 3.08. The van der Waals surface area contributed by atoms with E-state index in [1.807, 2.05) is 54.6 Å². The van der Waals surface area contributed by atoms with Gasteiger partial charge in [0.15, 0.2) is 0 Å². The number of nitrogens with one attached hydrogen (secondary N) is 1. The molecular weight excluding hydrogens is 248 g/mol. The number of carbonyl (C=O) groups excluding carboxylic acids is 1. The number of anilines is 1. The third-order valence-electron chi connectivity index (χ3n) is 3.29. The molecule has 1 amide bonds. The lowest BCUT2D eigenvalue weighted by atomic mass is 10.0. The topological polar surface area (TPSA) is 55.1 Å². The maximum atomic E-state index is 12.1. The molecule has 3 N–H and O–H groups in total. The third kappa shape index (κ3) is 3.85. The fourth-order valence-electron chi connectivity index (χ4n) is 2.17. The molecule has 0 saturated carbocycles. The van der Waals surface area contributed by atoms with Crippen molar-refractivity contribution in [3.8, 4) is 0 Å². The molecule has 0 aromatic heterocycles. The summed E-state index contributed by atoms with van der Waals surface area (Å²) >= 11 is 0. The van der Waals surface area contributed by atoms with Crippen molar-refractivity contribution in [2.75, 3.05) is 5.73 Å². The molecule has 2 aromatic carbocycles. The highest BCUT2D eigenvalue weighted by molar-refractivity contribution is 5.79. The summed E-state index contributed by atoms with van der Waals surface area (Å²) in [4.78, 5) is 12.1. The lowest BCUT2D eigenvalue weighted by Crippen LogP contribution is -2.29. The first kappa shape index (κ1) is 14.1. The standard InChI is InChI=1S/C17H20N2O/c1-2-16(14-6-4-3-5-7-14)19-17(20)12-13-8-10-15(18)11-9-13/h3-11,16H,2,12,18H2,1H3,(H,19,20). The minimum Gasteiger partial charge on any atom is -0.399 e. The smallest absolute Gasteiger partial charge is 0.224 e. The van der Waals surface area contributed by atoms with Gasteiger partial charge in [0, 0.05) is 5.69 Å². The van der Waals surface area contributed by atoms with Crippen molar-refractivity contribution in [3.05, 3.63) is 65.7 Å². The van der Waals surface area contributed by atoms with Gasteiger partial charge in [-0.25, -0.2) is 0 Å². The van der Waals surface area contributed by atoms with E-state index in [1.165, 1.54) is 0 Å². The van der Waals surface area contributed by atoms with Crippen LogP contribution in [0.1, 0.15) is 30.5 Å². The summed E-state index contributed by atoms with van der Waals surface area (Å²) in [5, 5.41) is 3.08. The van der Waals surface area contributed by atoms with Gasteiger partial charge in [-0.2, -0.15) is 0 Å². The number of benzene rings is 2. The molecule has 2 rings (SSSR count). The van der Waals surface area contributed by atoms with Crippen LogP contribution in [0.4, 0.5) is 5.69 Å². The highest BCUT2D eigenvalue weighted by Gasteiger charge is 2.12. The van der Waals surface area contributed by atoms with Gasteiger partial charge in [0.25, 0.3) is 0 Å². The van der Waals surface area contributed by atoms with Crippen molar-refractivity contribution < 1.29 is 4.79 Å². The summed E-state index contributed by atoms with van der Waals surface area (Å²) in [6.45, 7) is 2.07. The maximum absolute atomic E-state index is 12.1. The van der Waals surface area contributed by atoms with Crippen molar-refractivity contribution in [3.63, 3.8) is 0 Å². The van der Waals surface area contributed by atoms with E-state index in [-0.39, 0.29) is 11.9 Å². The lowest BCUT2D eigenvalue weighted by molar-refractivity contribution is -0.121. The van der Waals surface area contributed by atoms with E-state index in [1.54, 1.807) is 0 Å². The number of nitrogen functional groups attached to an aromatic ring is 1. The third-order valence-corrected chi connectivity index (χ3v) is 3.29. The molecule has 0 aliphatic heterocycles. The van der Waals surface area contributed by atoms with E-state index in [0.29, 0.717) is 12.1 Å². The zero-order chi connectivity index (χ0) is 14.4. The first-order valence-corrected chi connectivity index (χ1v) is 6.87. The average molecular weight is 268 g/mol. The fraction of sp³-hybridized carbons (Fsp3) is 0.235. The summed E-state index contributed by atoms with van der Waals surface area (Å²) in [7, 11) is 0. The Morgan fingerprint density at radius 1 is 1.10 bits per heavy atom. The number of carbonyl (C=O) groups is 1. The molecule has 1 atom stereocenters. The minimum absolute atomic E-state index is 0.0328. The van der Waals surface area contributed by atoms with Crippen LogP contribution >= 0.6 is 0 Å². The summed E-state index contributed by atoms with van der Waals surface area (Å²) < 4.78 is 0. The molecular formula is C17H20N2O. The zero-order valence-electron chi connectivity index (χ0n) is 11.7. The van der Waals surface area contributed by atoms with Crippen LogP contribution in [0.3, 0.4) is 0 Å². The number of rotatable bonds is 5. The van der Waals surface area contributed by atoms with Crippen molar-refractivity contribution in [2.24, 2.45) is 0 Å². The molecule has 0 spiro atoms. The molecule has 0 radical (unpaired) electrons. The summed E-state index contributed by atoms with van der Waals surface area (Å²) in [5.74, 6) is 0.0328. The van der Waals surface area contributed by atoms with Gasteiger partial charge >= 0.3 is 0 Å². The van der Waals surface area contributed by atoms with Crippen LogP contribution in [0.15, 0.2) is 54.6 Å². The molecule has 1 unspecified atom stereocenters. The predicted molar refractivity (Wildman–Crippen MR) is 82.2 cm³/mol. The summed E-state index contributed by atoms with van der Waals surface area (Å²) in [6.07, 6.45) is 1.25. The van der Waals surface area contributed by atoms with Crippen molar-refractivity contribution in [2.45, 2.75) is 25.8 Å². The Balaban J connectivity index is 1.97. The van der Waals surface area contributed by atoms with Gasteiger partial charge in [0.05, 0.1) is 12.5 Å². The van der Waals surface area contributed by atoms with Crippen molar-refractivity contribution in [1.29, 1.82) is 0 Å². The molecule has 3 heteroatoms. The van der Waals surface area contributed by atoms with Gasteiger partial charge < -0.3 is 11.1 Å². The Morgan fingerprint density at radius 2 is 1.75 bits per heavy atom. The first-order chi connectivity index (χ1) is 9.69. The lowest BCUT2D eigenvalue weighted by Gasteiger charge is -2.17. The molecule has 0 saturated heterocycles. The molecule has 0 fully saturated rings. The van der Waals surface area contributed by atoms with Gasteiger partial charge in [-0.1, -0.05) is 49.4 Å². The van der Waals surface area contributed by atoms with Crippen LogP contribution < -0.4 is 11.1 Å². The van der Waals surface area contributed by atoms with Gasteiger partial charge in [-0.05, 0) is 29.7 Å². The van der Waals surface area contributed by atoms with Gasteiger partial charge in [-0.15, -0.1) is 0 Å². The van der Waals surface area contributed by atoms with E-state index in [2.05, 4.69) is 12.2 Å². The molecule has 20 heavy (non-hydrogen) atoms. The second-order valence-corrected chi connectivity index (χ2v) is 4.86. The Labute approximate surface area is 119 Å². The zero-order valence-corrected chi connectivity index (χ0v) is 11.7. The molecule has 0 aliphatic rings. The van der Waals surface area contributed by atoms with Gasteiger partial charge in [-0.3, -0.25) is 4.79 Å². The summed E-state index contributed by atoms with van der Waals surface area (Å²) in [6, 6.07) is 17.5. The van der Waals surface area contributed by atoms with Crippen LogP contribution in [-0.2, 0) is 11.2 Å². The van der Waals surface area contributed by atoms with E-state index < -0.39 is 0 Å². The number of nitrogens with two attached hydrogens (primary N) is 1. The monoisotopic (exact) mass is 268 g/mol. The van der Waals surface area contributed by atoms with Crippen LogP contribution in [0.5, 0.6) is 0 Å². The van der Waals surface area contributed by atoms with Crippen LogP contribution in [-0.4, -0.2) is 5.91 Å². The van der Waals surface area contributed by atoms with Crippen molar-refractivity contribution >= 4 is 11.6 Å². The number of amides is 1. The average Bonchev–Trinajstić information content (AvgIpc) is 2.48. The number of hydrogen-bond donors (Lipinski definition) is 2. The highest BCUT2D eigenvalue weighted by atomic mass is 16.1. The fourth-order valence-corrected chi connectivity index (χ4v) is 2.17. The SMILES string of the molecule is CCC(NC(=O)Cc1ccc(N)cc1)c1ccccc1. The quantitative estimate of drug-likeness (QED) is 0.819. The molecule has 0 bridgehead atoms. The van der Waals surface area contributed by atoms with Crippen LogP contribution in [0.25, 0.3) is 0 Å². The van der Waals surface area contributed by atoms with Gasteiger partial charge in [0.2, 0.25) is 5.91 Å². The first-order valence-electron chi connectivity index (χ1n) is 6.87. The second-order valence-electron chi connectivity index (χ2n) is 4.86. The molecule has 0 heterocycles. The van der Waals surface area contributed by atoms with Crippen LogP contribution in [0, 0.1) is 0 Å². The molecule has 3 nitrogen and oxygen atoms in total. The Bertz CT molecular complexity index is 549. The Kier molecular flexibility index (Phi) is 4.77.